The first kappa shape index (κ1) is 30.6. The fraction of sp³-hybridized carbons (Fsp3) is 0.292. The molecule has 2 aliphatic heterocycles. The van der Waals surface area contributed by atoms with E-state index in [1.54, 1.807) is 24.7 Å². The minimum Gasteiger partial charge on any atom is -0.475 e. The van der Waals surface area contributed by atoms with Crippen LogP contribution in [0.1, 0.15) is 17.0 Å². The van der Waals surface area contributed by atoms with Crippen LogP contribution in [-0.2, 0) is 26.0 Å². The van der Waals surface area contributed by atoms with Crippen molar-refractivity contribution in [3.05, 3.63) is 72.2 Å². The molecule has 40 heavy (non-hydrogen) atoms. The molecule has 3 aromatic rings. The van der Waals surface area contributed by atoms with Gasteiger partial charge in [0.15, 0.2) is 9.84 Å². The minimum atomic E-state index is -5.08. The lowest BCUT2D eigenvalue weighted by Gasteiger charge is -2.17. The van der Waals surface area contributed by atoms with Gasteiger partial charge in [-0.15, -0.1) is 0 Å². The van der Waals surface area contributed by atoms with Crippen molar-refractivity contribution in [1.82, 2.24) is 9.88 Å². The highest BCUT2D eigenvalue weighted by Gasteiger charge is 2.50. The standard InChI is InChI=1S/C20H18N2O3S.2C2HF3O2/c23-26(24)19-4-3-15(18-2-1-9-25-18)10-16(19)17-12-22(13-20(17)26)11-14-5-7-21-8-6-14;2*3-2(4,5)1(6)7/h1-10,17,20H,11-13H2;2*(H,6,7). The van der Waals surface area contributed by atoms with E-state index in [9.17, 15) is 34.8 Å². The molecule has 216 valence electrons. The van der Waals surface area contributed by atoms with E-state index in [4.69, 9.17) is 24.2 Å². The average Bonchev–Trinajstić information content (AvgIpc) is 3.58. The zero-order valence-electron chi connectivity index (χ0n) is 20.1. The van der Waals surface area contributed by atoms with Gasteiger partial charge in [0.2, 0.25) is 0 Å². The molecule has 2 unspecified atom stereocenters. The zero-order valence-corrected chi connectivity index (χ0v) is 20.9. The summed E-state index contributed by atoms with van der Waals surface area (Å²) >= 11 is 0. The number of hydrogen-bond acceptors (Lipinski definition) is 7. The van der Waals surface area contributed by atoms with Crippen LogP contribution in [0.25, 0.3) is 11.3 Å². The van der Waals surface area contributed by atoms with E-state index >= 15 is 0 Å². The Morgan fingerprint density at radius 2 is 1.52 bits per heavy atom. The maximum absolute atomic E-state index is 13.0. The molecule has 5 rings (SSSR count). The van der Waals surface area contributed by atoms with Crippen molar-refractivity contribution < 1.29 is 59.0 Å². The van der Waals surface area contributed by atoms with Crippen LogP contribution in [0.4, 0.5) is 26.3 Å². The van der Waals surface area contributed by atoms with Crippen molar-refractivity contribution in [3.8, 4) is 11.3 Å². The molecule has 2 aliphatic rings. The fourth-order valence-electron chi connectivity index (χ4n) is 4.20. The molecule has 0 aliphatic carbocycles. The normalized spacial score (nSPS) is 19.4. The molecule has 1 aromatic carbocycles. The minimum absolute atomic E-state index is 0.0201. The van der Waals surface area contributed by atoms with Crippen LogP contribution in [0.5, 0.6) is 0 Å². The highest BCUT2D eigenvalue weighted by Crippen LogP contribution is 2.46. The van der Waals surface area contributed by atoms with Gasteiger partial charge in [0.25, 0.3) is 0 Å². The number of rotatable bonds is 3. The fourth-order valence-corrected chi connectivity index (χ4v) is 6.39. The van der Waals surface area contributed by atoms with Crippen LogP contribution < -0.4 is 0 Å². The Bertz CT molecular complexity index is 1420. The van der Waals surface area contributed by atoms with Crippen LogP contribution in [0.15, 0.2) is 70.4 Å². The van der Waals surface area contributed by atoms with Crippen LogP contribution in [0, 0.1) is 0 Å². The van der Waals surface area contributed by atoms with E-state index in [1.807, 2.05) is 36.4 Å². The van der Waals surface area contributed by atoms with Gasteiger partial charge in [-0.2, -0.15) is 26.3 Å². The monoisotopic (exact) mass is 594 g/mol. The van der Waals surface area contributed by atoms with Crippen LogP contribution in [-0.4, -0.2) is 71.1 Å². The number of fused-ring (bicyclic) bond motifs is 3. The number of alkyl halides is 6. The molecule has 0 radical (unpaired) electrons. The molecular weight excluding hydrogens is 574 g/mol. The Labute approximate surface area is 222 Å². The Morgan fingerprint density at radius 3 is 2.02 bits per heavy atom. The number of sulfone groups is 1. The third-order valence-corrected chi connectivity index (χ3v) is 8.16. The molecule has 0 bridgehead atoms. The first-order valence-electron chi connectivity index (χ1n) is 11.1. The molecule has 2 aromatic heterocycles. The molecule has 4 heterocycles. The second-order valence-electron chi connectivity index (χ2n) is 8.58. The molecule has 1 saturated heterocycles. The van der Waals surface area contributed by atoms with Gasteiger partial charge in [-0.25, -0.2) is 18.0 Å². The molecule has 2 N–H and O–H groups in total. The van der Waals surface area contributed by atoms with Crippen molar-refractivity contribution >= 4 is 21.8 Å². The summed E-state index contributed by atoms with van der Waals surface area (Å²) in [6.45, 7) is 2.07. The number of halogens is 6. The second kappa shape index (κ2) is 11.7. The second-order valence-corrected chi connectivity index (χ2v) is 10.7. The summed E-state index contributed by atoms with van der Waals surface area (Å²) in [5.41, 5.74) is 3.01. The quantitative estimate of drug-likeness (QED) is 0.424. The molecule has 16 heteroatoms. The van der Waals surface area contributed by atoms with Crippen molar-refractivity contribution in [3.63, 3.8) is 0 Å². The van der Waals surface area contributed by atoms with Gasteiger partial charge in [0.05, 0.1) is 16.4 Å². The van der Waals surface area contributed by atoms with Crippen LogP contribution in [0.2, 0.25) is 0 Å². The van der Waals surface area contributed by atoms with Crippen molar-refractivity contribution in [2.75, 3.05) is 13.1 Å². The van der Waals surface area contributed by atoms with Crippen molar-refractivity contribution in [2.24, 2.45) is 0 Å². The molecule has 9 nitrogen and oxygen atoms in total. The third-order valence-electron chi connectivity index (χ3n) is 5.90. The highest BCUT2D eigenvalue weighted by molar-refractivity contribution is 7.92. The summed E-state index contributed by atoms with van der Waals surface area (Å²) < 4.78 is 95.0. The predicted octanol–water partition coefficient (Wildman–Crippen LogP) is 4.36. The number of furan rings is 1. The smallest absolute Gasteiger partial charge is 0.475 e. The molecule has 0 spiro atoms. The number of pyridine rings is 1. The molecule has 1 fully saturated rings. The molecule has 0 saturated carbocycles. The largest absolute Gasteiger partial charge is 0.490 e. The van der Waals surface area contributed by atoms with Gasteiger partial charge >= 0.3 is 24.3 Å². The molecular formula is C24H20F6N2O7S. The first-order valence-corrected chi connectivity index (χ1v) is 12.7. The average molecular weight is 594 g/mol. The van der Waals surface area contributed by atoms with E-state index in [1.165, 1.54) is 0 Å². The summed E-state index contributed by atoms with van der Waals surface area (Å²) in [7, 11) is -3.28. The lowest BCUT2D eigenvalue weighted by Crippen LogP contribution is -2.25. The Hall–Kier alpha value is -3.92. The topological polar surface area (TPSA) is 138 Å². The van der Waals surface area contributed by atoms with Gasteiger partial charge in [0.1, 0.15) is 5.76 Å². The number of carboxylic acids is 2. The Kier molecular flexibility index (Phi) is 8.94. The van der Waals surface area contributed by atoms with Crippen molar-refractivity contribution in [1.29, 1.82) is 0 Å². The van der Waals surface area contributed by atoms with E-state index in [0.717, 1.165) is 35.5 Å². The number of aromatic nitrogens is 1. The SMILES string of the molecule is O=C(O)C(F)(F)F.O=C(O)C(F)(F)F.O=S1(=O)c2ccc(-c3ccco3)cc2C2CN(Cc3ccncc3)CC21. The third kappa shape index (κ3) is 7.18. The number of carbonyl (C=O) groups is 2. The number of aliphatic carboxylic acids is 2. The van der Waals surface area contributed by atoms with E-state index in [-0.39, 0.29) is 11.2 Å². The van der Waals surface area contributed by atoms with Crippen LogP contribution >= 0.6 is 0 Å². The number of likely N-dealkylation sites (tertiary alicyclic amines) is 1. The number of benzene rings is 1. The maximum Gasteiger partial charge on any atom is 0.490 e. The highest BCUT2D eigenvalue weighted by atomic mass is 32.2. The van der Waals surface area contributed by atoms with Gasteiger partial charge < -0.3 is 14.6 Å². The van der Waals surface area contributed by atoms with Gasteiger partial charge in [0, 0.05) is 43.5 Å². The summed E-state index contributed by atoms with van der Waals surface area (Å²) in [5.74, 6) is -4.73. The number of nitrogens with zero attached hydrogens (tertiary/aromatic N) is 2. The lowest BCUT2D eigenvalue weighted by molar-refractivity contribution is -0.193. The van der Waals surface area contributed by atoms with E-state index in [2.05, 4.69) is 9.88 Å². The summed E-state index contributed by atoms with van der Waals surface area (Å²) in [6.07, 6.45) is -4.99. The number of carboxylic acid groups (broad SMARTS) is 2. The summed E-state index contributed by atoms with van der Waals surface area (Å²) in [4.78, 5) is 24.6. The van der Waals surface area contributed by atoms with E-state index < -0.39 is 34.1 Å². The lowest BCUT2D eigenvalue weighted by atomic mass is 9.96. The predicted molar refractivity (Wildman–Crippen MR) is 125 cm³/mol. The molecule has 2 atom stereocenters. The summed E-state index contributed by atoms with van der Waals surface area (Å²) in [5, 5.41) is 13.9. The van der Waals surface area contributed by atoms with Gasteiger partial charge in [-0.3, -0.25) is 9.88 Å². The Morgan fingerprint density at radius 1 is 0.950 bits per heavy atom. The van der Waals surface area contributed by atoms with Crippen LogP contribution in [0.3, 0.4) is 0 Å². The van der Waals surface area contributed by atoms with E-state index in [0.29, 0.717) is 11.4 Å². The Balaban J connectivity index is 0.000000263. The van der Waals surface area contributed by atoms with Gasteiger partial charge in [-0.05, 0) is 53.6 Å². The van der Waals surface area contributed by atoms with Gasteiger partial charge in [-0.1, -0.05) is 0 Å². The first-order chi connectivity index (χ1) is 18.5. The summed E-state index contributed by atoms with van der Waals surface area (Å²) in [6, 6.07) is 13.3. The molecule has 0 amide bonds. The zero-order chi connectivity index (χ0) is 29.9. The van der Waals surface area contributed by atoms with Crippen molar-refractivity contribution in [2.45, 2.75) is 35.0 Å². The maximum atomic E-state index is 13.0. The number of hydrogen-bond donors (Lipinski definition) is 2.